The maximum atomic E-state index is 12.0. The van der Waals surface area contributed by atoms with Crippen LogP contribution in [0.25, 0.3) is 0 Å². The molecule has 2 aromatic rings. The molecule has 1 aromatic carbocycles. The highest BCUT2D eigenvalue weighted by Crippen LogP contribution is 2.40. The molecule has 7 heteroatoms. The predicted molar refractivity (Wildman–Crippen MR) is 84.5 cm³/mol. The van der Waals surface area contributed by atoms with Crippen LogP contribution >= 0.6 is 0 Å². The number of amides is 1. The Kier molecular flexibility index (Phi) is 4.50. The number of benzene rings is 1. The van der Waals surface area contributed by atoms with E-state index in [1.54, 1.807) is 12.1 Å². The largest absolute Gasteiger partial charge is 0.496 e. The van der Waals surface area contributed by atoms with Crippen LogP contribution in [0, 0.1) is 0 Å². The van der Waals surface area contributed by atoms with Gasteiger partial charge in [0.1, 0.15) is 11.5 Å². The number of methoxy groups -OCH3 is 1. The zero-order chi connectivity index (χ0) is 17.1. The molecular weight excluding hydrogens is 312 g/mol. The van der Waals surface area contributed by atoms with E-state index >= 15 is 0 Å². The molecule has 126 valence electrons. The quantitative estimate of drug-likeness (QED) is 0.807. The Hall–Kier alpha value is -2.83. The molecule has 1 aliphatic carbocycles. The van der Waals surface area contributed by atoms with Crippen molar-refractivity contribution in [3.63, 3.8) is 0 Å². The van der Waals surface area contributed by atoms with Crippen LogP contribution in [0.15, 0.2) is 28.8 Å². The van der Waals surface area contributed by atoms with E-state index in [4.69, 9.17) is 14.4 Å². The van der Waals surface area contributed by atoms with E-state index in [2.05, 4.69) is 10.5 Å². The number of rotatable bonds is 7. The van der Waals surface area contributed by atoms with E-state index in [1.165, 1.54) is 19.2 Å². The minimum Gasteiger partial charge on any atom is -0.496 e. The molecule has 2 N–H and O–H groups in total. The lowest BCUT2D eigenvalue weighted by molar-refractivity contribution is 0.0696. The molecule has 1 aromatic heterocycles. The molecular formula is C17H18N2O5. The van der Waals surface area contributed by atoms with Gasteiger partial charge < -0.3 is 19.7 Å². The van der Waals surface area contributed by atoms with Crippen LogP contribution in [0.4, 0.5) is 0 Å². The number of ether oxygens (including phenoxy) is 1. The van der Waals surface area contributed by atoms with Crippen molar-refractivity contribution in [3.8, 4) is 5.75 Å². The highest BCUT2D eigenvalue weighted by Gasteiger charge is 2.28. The van der Waals surface area contributed by atoms with E-state index in [-0.39, 0.29) is 17.2 Å². The van der Waals surface area contributed by atoms with Crippen LogP contribution in [0.1, 0.15) is 50.9 Å². The molecule has 7 nitrogen and oxygen atoms in total. The molecule has 0 aliphatic heterocycles. The van der Waals surface area contributed by atoms with Gasteiger partial charge in [0.25, 0.3) is 5.91 Å². The Balaban J connectivity index is 1.57. The molecule has 1 heterocycles. The zero-order valence-electron chi connectivity index (χ0n) is 13.2. The van der Waals surface area contributed by atoms with Gasteiger partial charge in [-0.15, -0.1) is 0 Å². The highest BCUT2D eigenvalue weighted by molar-refractivity contribution is 5.92. The number of nitrogens with one attached hydrogen (secondary N) is 1. The molecule has 24 heavy (non-hydrogen) atoms. The molecule has 0 saturated heterocycles. The molecule has 0 bridgehead atoms. The van der Waals surface area contributed by atoms with Crippen molar-refractivity contribution in [2.24, 2.45) is 0 Å². The fourth-order valence-corrected chi connectivity index (χ4v) is 2.44. The van der Waals surface area contributed by atoms with Gasteiger partial charge in [0.2, 0.25) is 0 Å². The van der Waals surface area contributed by atoms with Crippen LogP contribution in [0.2, 0.25) is 0 Å². The Morgan fingerprint density at radius 3 is 2.83 bits per heavy atom. The van der Waals surface area contributed by atoms with Gasteiger partial charge in [-0.05, 0) is 37.0 Å². The third-order valence-electron chi connectivity index (χ3n) is 3.95. The third kappa shape index (κ3) is 3.56. The molecule has 0 radical (unpaired) electrons. The predicted octanol–water partition coefficient (Wildman–Crippen LogP) is 2.23. The maximum absolute atomic E-state index is 12.0. The van der Waals surface area contributed by atoms with E-state index in [1.807, 2.05) is 0 Å². The van der Waals surface area contributed by atoms with Gasteiger partial charge in [0.05, 0.1) is 12.7 Å². The van der Waals surface area contributed by atoms with Crippen LogP contribution < -0.4 is 10.1 Å². The van der Waals surface area contributed by atoms with Gasteiger partial charge in [-0.1, -0.05) is 11.2 Å². The highest BCUT2D eigenvalue weighted by atomic mass is 16.5. The van der Waals surface area contributed by atoms with Gasteiger partial charge >= 0.3 is 5.97 Å². The summed E-state index contributed by atoms with van der Waals surface area (Å²) in [7, 11) is 1.48. The summed E-state index contributed by atoms with van der Waals surface area (Å²) in [4.78, 5) is 23.0. The van der Waals surface area contributed by atoms with Crippen molar-refractivity contribution >= 4 is 11.9 Å². The van der Waals surface area contributed by atoms with Crippen LogP contribution in [-0.4, -0.2) is 35.8 Å². The molecule has 1 saturated carbocycles. The second-order valence-electron chi connectivity index (χ2n) is 5.73. The average Bonchev–Trinajstić information content (AvgIpc) is 3.31. The Morgan fingerprint density at radius 1 is 1.38 bits per heavy atom. The second-order valence-corrected chi connectivity index (χ2v) is 5.73. The number of nitrogens with zero attached hydrogens (tertiary/aromatic N) is 1. The van der Waals surface area contributed by atoms with Gasteiger partial charge in [-0.3, -0.25) is 4.79 Å². The monoisotopic (exact) mass is 330 g/mol. The van der Waals surface area contributed by atoms with Crippen molar-refractivity contribution in [1.82, 2.24) is 10.5 Å². The average molecular weight is 330 g/mol. The van der Waals surface area contributed by atoms with E-state index in [0.717, 1.165) is 24.2 Å². The van der Waals surface area contributed by atoms with Crippen molar-refractivity contribution < 1.29 is 24.0 Å². The number of carboxylic acids is 1. The molecule has 1 fully saturated rings. The fraction of sp³-hybridized carbons (Fsp3) is 0.353. The summed E-state index contributed by atoms with van der Waals surface area (Å²) < 4.78 is 10.4. The number of carbonyl (C=O) groups excluding carboxylic acids is 1. The molecule has 0 atom stereocenters. The lowest BCUT2D eigenvalue weighted by Gasteiger charge is -2.09. The first-order valence-electron chi connectivity index (χ1n) is 7.73. The number of aromatic nitrogens is 1. The van der Waals surface area contributed by atoms with Gasteiger partial charge in [-0.25, -0.2) is 4.79 Å². The van der Waals surface area contributed by atoms with Crippen molar-refractivity contribution in [2.45, 2.75) is 25.2 Å². The first-order valence-corrected chi connectivity index (χ1v) is 7.73. The number of hydrogen-bond acceptors (Lipinski definition) is 5. The lowest BCUT2D eigenvalue weighted by Crippen LogP contribution is -2.26. The normalized spacial score (nSPS) is 13.5. The van der Waals surface area contributed by atoms with Crippen LogP contribution in [0.3, 0.4) is 0 Å². The topological polar surface area (TPSA) is 102 Å². The van der Waals surface area contributed by atoms with E-state index in [9.17, 15) is 9.59 Å². The zero-order valence-corrected chi connectivity index (χ0v) is 13.2. The van der Waals surface area contributed by atoms with Gasteiger partial charge in [0, 0.05) is 18.5 Å². The number of hydrogen-bond donors (Lipinski definition) is 2. The summed E-state index contributed by atoms with van der Waals surface area (Å²) >= 11 is 0. The number of carboxylic acid groups (broad SMARTS) is 1. The Bertz CT molecular complexity index is 764. The number of carbonyl (C=O) groups is 2. The summed E-state index contributed by atoms with van der Waals surface area (Å²) in [6.07, 6.45) is 2.69. The number of aromatic carboxylic acids is 1. The van der Waals surface area contributed by atoms with Crippen molar-refractivity contribution in [1.29, 1.82) is 0 Å². The summed E-state index contributed by atoms with van der Waals surface area (Å²) in [6.45, 7) is 0.382. The molecule has 1 amide bonds. The Labute approximate surface area is 138 Å². The first kappa shape index (κ1) is 16.0. The maximum Gasteiger partial charge on any atom is 0.335 e. The third-order valence-corrected chi connectivity index (χ3v) is 3.95. The molecule has 3 rings (SSSR count). The first-order chi connectivity index (χ1) is 11.6. The summed E-state index contributed by atoms with van der Waals surface area (Å²) in [5, 5.41) is 15.6. The standard InChI is InChI=1S/C17H18N2O5/c1-23-14-8-12(17(21)22)5-4-11(14)6-7-18-16(20)13-9-15(24-19-13)10-2-3-10/h4-5,8-10H,2-3,6-7H2,1H3,(H,18,20)(H,21,22). The van der Waals surface area contributed by atoms with Gasteiger partial charge in [0.15, 0.2) is 5.69 Å². The minimum atomic E-state index is -1.01. The lowest BCUT2D eigenvalue weighted by atomic mass is 10.1. The summed E-state index contributed by atoms with van der Waals surface area (Å²) in [5.41, 5.74) is 1.27. The SMILES string of the molecule is COc1cc(C(=O)O)ccc1CCNC(=O)c1cc(C2CC2)on1. The van der Waals surface area contributed by atoms with Crippen molar-refractivity contribution in [2.75, 3.05) is 13.7 Å². The van der Waals surface area contributed by atoms with Gasteiger partial charge in [-0.2, -0.15) is 0 Å². The summed E-state index contributed by atoms with van der Waals surface area (Å²) in [6, 6.07) is 6.37. The van der Waals surface area contributed by atoms with E-state index in [0.29, 0.717) is 24.6 Å². The smallest absolute Gasteiger partial charge is 0.335 e. The minimum absolute atomic E-state index is 0.162. The Morgan fingerprint density at radius 2 is 2.17 bits per heavy atom. The van der Waals surface area contributed by atoms with Crippen molar-refractivity contribution in [3.05, 3.63) is 46.8 Å². The molecule has 0 unspecified atom stereocenters. The fourth-order valence-electron chi connectivity index (χ4n) is 2.44. The second kappa shape index (κ2) is 6.74. The summed E-state index contributed by atoms with van der Waals surface area (Å²) in [5.74, 6) is 0.376. The van der Waals surface area contributed by atoms with Crippen LogP contribution in [0.5, 0.6) is 5.75 Å². The van der Waals surface area contributed by atoms with E-state index < -0.39 is 5.97 Å². The molecule has 1 aliphatic rings. The molecule has 0 spiro atoms. The van der Waals surface area contributed by atoms with Crippen LogP contribution in [-0.2, 0) is 6.42 Å².